The van der Waals surface area contributed by atoms with Gasteiger partial charge in [-0.1, -0.05) is 0 Å². The summed E-state index contributed by atoms with van der Waals surface area (Å²) in [7, 11) is -2.49. The van der Waals surface area contributed by atoms with E-state index in [9.17, 15) is 18.0 Å². The van der Waals surface area contributed by atoms with Crippen molar-refractivity contribution >= 4 is 22.2 Å². The third kappa shape index (κ3) is 10.6. The average Bonchev–Trinajstić information content (AvgIpc) is 2.21. The van der Waals surface area contributed by atoms with Crippen LogP contribution in [0.4, 0.5) is 4.79 Å². The molecule has 0 fully saturated rings. The van der Waals surface area contributed by atoms with Crippen LogP contribution in [-0.4, -0.2) is 52.1 Å². The van der Waals surface area contributed by atoms with Gasteiger partial charge in [0.1, 0.15) is 5.60 Å². The first-order valence-corrected chi connectivity index (χ1v) is 7.65. The summed E-state index contributed by atoms with van der Waals surface area (Å²) in [6.45, 7) is 4.64. The molecule has 8 nitrogen and oxygen atoms in total. The van der Waals surface area contributed by atoms with Crippen LogP contribution >= 0.6 is 0 Å². The van der Waals surface area contributed by atoms with Crippen molar-refractivity contribution in [2.24, 2.45) is 0 Å². The number of alkyl carbamates (subject to hydrolysis) is 1. The monoisotopic (exact) mass is 311 g/mol. The lowest BCUT2D eigenvalue weighted by molar-refractivity contribution is -0.141. The van der Waals surface area contributed by atoms with Gasteiger partial charge in [-0.05, 0) is 20.8 Å². The van der Waals surface area contributed by atoms with Crippen molar-refractivity contribution in [2.75, 3.05) is 20.0 Å². The first kappa shape index (κ1) is 18.7. The van der Waals surface area contributed by atoms with Crippen molar-refractivity contribution < 1.29 is 31.7 Å². The Morgan fingerprint density at radius 2 is 1.80 bits per heavy atom. The summed E-state index contributed by atoms with van der Waals surface area (Å²) >= 11 is 0. The van der Waals surface area contributed by atoms with Crippen molar-refractivity contribution in [3.05, 3.63) is 0 Å². The van der Waals surface area contributed by atoms with E-state index in [1.807, 2.05) is 0 Å². The second-order valence-corrected chi connectivity index (χ2v) is 6.76. The molecule has 0 saturated carbocycles. The Morgan fingerprint density at radius 1 is 1.25 bits per heavy atom. The molecule has 1 atom stereocenters. The standard InChI is InChI=1S/C11H21NO7S/c1-11(2,3)19-10(14)12-8(6-9(13)17-4)7-18-20(5,15)16/h8H,6-7H2,1-5H3,(H,12,14)/t8-/m1/s1. The maximum Gasteiger partial charge on any atom is 0.407 e. The maximum absolute atomic E-state index is 11.6. The SMILES string of the molecule is COC(=O)C[C@H](COS(C)(=O)=O)NC(=O)OC(C)(C)C. The minimum absolute atomic E-state index is 0.231. The molecular weight excluding hydrogens is 290 g/mol. The highest BCUT2D eigenvalue weighted by Crippen LogP contribution is 2.08. The number of amides is 1. The fourth-order valence-corrected chi connectivity index (χ4v) is 1.53. The third-order valence-corrected chi connectivity index (χ3v) is 2.41. The Labute approximate surface area is 118 Å². The molecule has 0 aromatic rings. The van der Waals surface area contributed by atoms with Crippen LogP contribution in [0.25, 0.3) is 0 Å². The molecule has 0 saturated heterocycles. The van der Waals surface area contributed by atoms with Gasteiger partial charge in [-0.2, -0.15) is 8.42 Å². The van der Waals surface area contributed by atoms with Crippen molar-refractivity contribution in [1.29, 1.82) is 0 Å². The number of carbonyl (C=O) groups excluding carboxylic acids is 2. The lowest BCUT2D eigenvalue weighted by Crippen LogP contribution is -2.43. The second kappa shape index (κ2) is 7.44. The average molecular weight is 311 g/mol. The van der Waals surface area contributed by atoms with Crippen LogP contribution in [0.5, 0.6) is 0 Å². The summed E-state index contributed by atoms with van der Waals surface area (Å²) in [6.07, 6.45) is -0.135. The molecule has 1 N–H and O–H groups in total. The van der Waals surface area contributed by atoms with Crippen molar-refractivity contribution in [1.82, 2.24) is 5.32 Å². The van der Waals surface area contributed by atoms with Crippen LogP contribution < -0.4 is 5.32 Å². The number of nitrogens with one attached hydrogen (secondary N) is 1. The molecule has 9 heteroatoms. The number of hydrogen-bond donors (Lipinski definition) is 1. The Hall–Kier alpha value is -1.35. The van der Waals surface area contributed by atoms with Gasteiger partial charge in [0.2, 0.25) is 0 Å². The van der Waals surface area contributed by atoms with Gasteiger partial charge in [-0.15, -0.1) is 0 Å². The second-order valence-electron chi connectivity index (χ2n) is 5.11. The zero-order valence-corrected chi connectivity index (χ0v) is 13.1. The molecule has 0 unspecified atom stereocenters. The normalized spacial score (nSPS) is 13.4. The largest absolute Gasteiger partial charge is 0.469 e. The molecule has 0 aliphatic rings. The molecule has 0 radical (unpaired) electrons. The van der Waals surface area contributed by atoms with Crippen molar-refractivity contribution in [3.8, 4) is 0 Å². The van der Waals surface area contributed by atoms with Gasteiger partial charge < -0.3 is 14.8 Å². The van der Waals surface area contributed by atoms with Crippen LogP contribution in [0.2, 0.25) is 0 Å². The molecule has 0 spiro atoms. The minimum atomic E-state index is -3.68. The van der Waals surface area contributed by atoms with Crippen molar-refractivity contribution in [2.45, 2.75) is 38.8 Å². The topological polar surface area (TPSA) is 108 Å². The van der Waals surface area contributed by atoms with Gasteiger partial charge in [0.25, 0.3) is 10.1 Å². The number of ether oxygens (including phenoxy) is 2. The Kier molecular flexibility index (Phi) is 6.94. The smallest absolute Gasteiger partial charge is 0.407 e. The predicted molar refractivity (Wildman–Crippen MR) is 70.6 cm³/mol. The van der Waals surface area contributed by atoms with Crippen LogP contribution in [-0.2, 0) is 28.6 Å². The van der Waals surface area contributed by atoms with Gasteiger partial charge in [0.15, 0.2) is 0 Å². The Balaban J connectivity index is 4.60. The molecule has 20 heavy (non-hydrogen) atoms. The van der Waals surface area contributed by atoms with Gasteiger partial charge in [-0.25, -0.2) is 4.79 Å². The molecule has 0 aromatic heterocycles. The summed E-state index contributed by atoms with van der Waals surface area (Å²) in [5.41, 5.74) is -0.711. The molecule has 0 rings (SSSR count). The minimum Gasteiger partial charge on any atom is -0.469 e. The quantitative estimate of drug-likeness (QED) is 0.559. The fourth-order valence-electron chi connectivity index (χ4n) is 1.12. The van der Waals surface area contributed by atoms with E-state index in [0.717, 1.165) is 6.26 Å². The van der Waals surface area contributed by atoms with Crippen LogP contribution in [0.3, 0.4) is 0 Å². The molecular formula is C11H21NO7S. The van der Waals surface area contributed by atoms with E-state index >= 15 is 0 Å². The number of carbonyl (C=O) groups is 2. The zero-order valence-electron chi connectivity index (χ0n) is 12.3. The summed E-state index contributed by atoms with van der Waals surface area (Å²) in [4.78, 5) is 22.8. The fraction of sp³-hybridized carbons (Fsp3) is 0.818. The van der Waals surface area contributed by atoms with Crippen LogP contribution in [0.15, 0.2) is 0 Å². The Bertz CT molecular complexity index is 438. The summed E-state index contributed by atoms with van der Waals surface area (Å²) < 4.78 is 35.9. The lowest BCUT2D eigenvalue weighted by atomic mass is 10.2. The zero-order chi connectivity index (χ0) is 16.0. The van der Waals surface area contributed by atoms with Crippen LogP contribution in [0, 0.1) is 0 Å². The van der Waals surface area contributed by atoms with E-state index in [2.05, 4.69) is 14.2 Å². The van der Waals surface area contributed by atoms with E-state index in [1.165, 1.54) is 7.11 Å². The highest BCUT2D eigenvalue weighted by molar-refractivity contribution is 7.85. The molecule has 1 amide bonds. The third-order valence-electron chi connectivity index (χ3n) is 1.84. The summed E-state index contributed by atoms with van der Waals surface area (Å²) in [6, 6.07) is -0.868. The van der Waals surface area contributed by atoms with E-state index in [0.29, 0.717) is 0 Å². The van der Waals surface area contributed by atoms with Gasteiger partial charge >= 0.3 is 12.1 Å². The number of hydrogen-bond acceptors (Lipinski definition) is 7. The molecule has 0 bridgehead atoms. The predicted octanol–water partition coefficient (Wildman–Crippen LogP) is 0.419. The number of rotatable bonds is 6. The van der Waals surface area contributed by atoms with E-state index in [1.54, 1.807) is 20.8 Å². The van der Waals surface area contributed by atoms with E-state index in [-0.39, 0.29) is 13.0 Å². The molecule has 0 aliphatic carbocycles. The lowest BCUT2D eigenvalue weighted by Gasteiger charge is -2.22. The first-order chi connectivity index (χ1) is 8.93. The number of esters is 1. The maximum atomic E-state index is 11.6. The highest BCUT2D eigenvalue weighted by Gasteiger charge is 2.23. The first-order valence-electron chi connectivity index (χ1n) is 5.83. The summed E-state index contributed by atoms with van der Waals surface area (Å²) in [5, 5.41) is 2.36. The highest BCUT2D eigenvalue weighted by atomic mass is 32.2. The molecule has 118 valence electrons. The van der Waals surface area contributed by atoms with Gasteiger partial charge in [-0.3, -0.25) is 8.98 Å². The van der Waals surface area contributed by atoms with E-state index in [4.69, 9.17) is 4.74 Å². The number of methoxy groups -OCH3 is 1. The van der Waals surface area contributed by atoms with Crippen molar-refractivity contribution in [3.63, 3.8) is 0 Å². The Morgan fingerprint density at radius 3 is 2.20 bits per heavy atom. The molecule has 0 heterocycles. The van der Waals surface area contributed by atoms with Gasteiger partial charge in [0.05, 0.1) is 32.4 Å². The molecule has 0 aliphatic heterocycles. The van der Waals surface area contributed by atoms with E-state index < -0.39 is 33.8 Å². The van der Waals surface area contributed by atoms with Crippen LogP contribution in [0.1, 0.15) is 27.2 Å². The summed E-state index contributed by atoms with van der Waals surface area (Å²) in [5.74, 6) is -0.608. The van der Waals surface area contributed by atoms with Gasteiger partial charge in [0, 0.05) is 0 Å². The molecule has 0 aromatic carbocycles.